The number of rotatable bonds is 10. The highest BCUT2D eigenvalue weighted by atomic mass is 16.5. The third-order valence-electron chi connectivity index (χ3n) is 2.35. The predicted octanol–water partition coefficient (Wildman–Crippen LogP) is 0.529. The molecule has 0 saturated heterocycles. The van der Waals surface area contributed by atoms with Gasteiger partial charge in [-0.25, -0.2) is 0 Å². The zero-order chi connectivity index (χ0) is 13.1. The number of ether oxygens (including phenoxy) is 2. The van der Waals surface area contributed by atoms with Crippen molar-refractivity contribution in [3.63, 3.8) is 0 Å². The summed E-state index contributed by atoms with van der Waals surface area (Å²) >= 11 is 0. The second kappa shape index (κ2) is 10.5. The first-order chi connectivity index (χ1) is 8.07. The number of amides is 1. The molecule has 3 N–H and O–H groups in total. The molecule has 0 radical (unpaired) electrons. The van der Waals surface area contributed by atoms with Crippen molar-refractivity contribution < 1.29 is 14.3 Å². The third-order valence-corrected chi connectivity index (χ3v) is 2.35. The summed E-state index contributed by atoms with van der Waals surface area (Å²) in [6.07, 6.45) is 1.58. The lowest BCUT2D eigenvalue weighted by molar-refractivity contribution is -0.123. The minimum absolute atomic E-state index is 0.144. The van der Waals surface area contributed by atoms with Crippen molar-refractivity contribution in [2.24, 2.45) is 11.7 Å². The summed E-state index contributed by atoms with van der Waals surface area (Å²) in [5.41, 5.74) is 5.65. The van der Waals surface area contributed by atoms with Crippen LogP contribution in [0.15, 0.2) is 0 Å². The second-order valence-electron chi connectivity index (χ2n) is 4.47. The summed E-state index contributed by atoms with van der Waals surface area (Å²) in [6, 6.07) is -0.495. The Balaban J connectivity index is 3.38. The van der Waals surface area contributed by atoms with Crippen LogP contribution >= 0.6 is 0 Å². The molecule has 0 aromatic heterocycles. The molecule has 0 fully saturated rings. The zero-order valence-corrected chi connectivity index (χ0v) is 11.2. The van der Waals surface area contributed by atoms with Crippen LogP contribution < -0.4 is 11.1 Å². The summed E-state index contributed by atoms with van der Waals surface area (Å²) in [4.78, 5) is 11.4. The Morgan fingerprint density at radius 3 is 2.53 bits per heavy atom. The smallest absolute Gasteiger partial charge is 0.237 e. The maximum Gasteiger partial charge on any atom is 0.237 e. The lowest BCUT2D eigenvalue weighted by Crippen LogP contribution is -2.42. The van der Waals surface area contributed by atoms with Gasteiger partial charge in [0.05, 0.1) is 12.6 Å². The number of nitrogens with one attached hydrogen (secondary N) is 1. The third kappa shape index (κ3) is 10.2. The van der Waals surface area contributed by atoms with Crippen molar-refractivity contribution in [3.05, 3.63) is 0 Å². The molecule has 0 aliphatic carbocycles. The van der Waals surface area contributed by atoms with Gasteiger partial charge in [0.1, 0.15) is 0 Å². The summed E-state index contributed by atoms with van der Waals surface area (Å²) < 4.78 is 10.2. The van der Waals surface area contributed by atoms with E-state index in [0.29, 0.717) is 32.1 Å². The fourth-order valence-corrected chi connectivity index (χ4v) is 1.17. The average molecular weight is 246 g/mol. The van der Waals surface area contributed by atoms with Gasteiger partial charge in [-0.05, 0) is 18.8 Å². The second-order valence-corrected chi connectivity index (χ2v) is 4.47. The first-order valence-electron chi connectivity index (χ1n) is 6.18. The standard InChI is InChI=1S/C12H26N2O3/c1-10(2)4-8-17-9-6-14-12(15)11(13)5-7-16-3/h10-11H,4-9,13H2,1-3H3,(H,14,15). The summed E-state index contributed by atoms with van der Waals surface area (Å²) in [5.74, 6) is 0.501. The molecule has 0 aliphatic rings. The summed E-state index contributed by atoms with van der Waals surface area (Å²) in [7, 11) is 1.59. The number of methoxy groups -OCH3 is 1. The highest BCUT2D eigenvalue weighted by molar-refractivity contribution is 5.81. The van der Waals surface area contributed by atoms with E-state index >= 15 is 0 Å². The SMILES string of the molecule is COCCC(N)C(=O)NCCOCCC(C)C. The van der Waals surface area contributed by atoms with Crippen LogP contribution in [0.3, 0.4) is 0 Å². The molecule has 0 heterocycles. The molecule has 0 aromatic carbocycles. The Hall–Kier alpha value is -0.650. The number of hydrogen-bond donors (Lipinski definition) is 2. The average Bonchev–Trinajstić information content (AvgIpc) is 2.29. The van der Waals surface area contributed by atoms with E-state index in [4.69, 9.17) is 15.2 Å². The molecule has 1 unspecified atom stereocenters. The largest absolute Gasteiger partial charge is 0.385 e. The number of hydrogen-bond acceptors (Lipinski definition) is 4. The van der Waals surface area contributed by atoms with Gasteiger partial charge in [0.2, 0.25) is 5.91 Å². The Morgan fingerprint density at radius 2 is 1.94 bits per heavy atom. The Bertz CT molecular complexity index is 198. The normalized spacial score (nSPS) is 12.8. The van der Waals surface area contributed by atoms with Gasteiger partial charge >= 0.3 is 0 Å². The van der Waals surface area contributed by atoms with Crippen molar-refractivity contribution >= 4 is 5.91 Å². The molecule has 0 spiro atoms. The van der Waals surface area contributed by atoms with Crippen LogP contribution in [0.4, 0.5) is 0 Å². The number of nitrogens with two attached hydrogens (primary N) is 1. The highest BCUT2D eigenvalue weighted by Gasteiger charge is 2.11. The quantitative estimate of drug-likeness (QED) is 0.551. The summed E-state index contributed by atoms with van der Waals surface area (Å²) in [5, 5.41) is 2.73. The van der Waals surface area contributed by atoms with Gasteiger partial charge in [-0.1, -0.05) is 13.8 Å². The molecular weight excluding hydrogens is 220 g/mol. The molecule has 0 bridgehead atoms. The van der Waals surface area contributed by atoms with E-state index in [1.807, 2.05) is 0 Å². The highest BCUT2D eigenvalue weighted by Crippen LogP contribution is 1.98. The molecule has 17 heavy (non-hydrogen) atoms. The van der Waals surface area contributed by atoms with Crippen LogP contribution in [0.1, 0.15) is 26.7 Å². The van der Waals surface area contributed by atoms with E-state index in [1.54, 1.807) is 7.11 Å². The van der Waals surface area contributed by atoms with Gasteiger partial charge in [-0.3, -0.25) is 4.79 Å². The van der Waals surface area contributed by atoms with Crippen LogP contribution in [0, 0.1) is 5.92 Å². The first kappa shape index (κ1) is 16.4. The number of carbonyl (C=O) groups excluding carboxylic acids is 1. The topological polar surface area (TPSA) is 73.6 Å². The predicted molar refractivity (Wildman–Crippen MR) is 67.8 cm³/mol. The van der Waals surface area contributed by atoms with Gasteiger partial charge < -0.3 is 20.5 Å². The van der Waals surface area contributed by atoms with Crippen molar-refractivity contribution in [2.45, 2.75) is 32.7 Å². The van der Waals surface area contributed by atoms with Crippen molar-refractivity contribution in [3.8, 4) is 0 Å². The van der Waals surface area contributed by atoms with Crippen molar-refractivity contribution in [1.82, 2.24) is 5.32 Å². The van der Waals surface area contributed by atoms with E-state index in [9.17, 15) is 4.79 Å². The summed E-state index contributed by atoms with van der Waals surface area (Å²) in [6.45, 7) is 6.59. The minimum atomic E-state index is -0.495. The molecule has 1 atom stereocenters. The Kier molecular flexibility index (Phi) is 10.1. The molecule has 0 aliphatic heterocycles. The Labute approximate surface area is 104 Å². The maximum absolute atomic E-state index is 11.4. The van der Waals surface area contributed by atoms with E-state index in [1.165, 1.54) is 0 Å². The molecule has 0 rings (SSSR count). The van der Waals surface area contributed by atoms with E-state index in [2.05, 4.69) is 19.2 Å². The molecule has 5 heteroatoms. The molecule has 1 amide bonds. The molecule has 0 aromatic rings. The van der Waals surface area contributed by atoms with E-state index in [0.717, 1.165) is 13.0 Å². The van der Waals surface area contributed by atoms with Gasteiger partial charge in [0.25, 0.3) is 0 Å². The van der Waals surface area contributed by atoms with Gasteiger partial charge in [-0.2, -0.15) is 0 Å². The van der Waals surface area contributed by atoms with E-state index < -0.39 is 6.04 Å². The number of carbonyl (C=O) groups is 1. The lowest BCUT2D eigenvalue weighted by atomic mass is 10.1. The van der Waals surface area contributed by atoms with Crippen LogP contribution in [0.2, 0.25) is 0 Å². The van der Waals surface area contributed by atoms with Gasteiger partial charge in [-0.15, -0.1) is 0 Å². The fourth-order valence-electron chi connectivity index (χ4n) is 1.17. The van der Waals surface area contributed by atoms with Crippen LogP contribution in [-0.4, -0.2) is 45.4 Å². The lowest BCUT2D eigenvalue weighted by Gasteiger charge is -2.12. The van der Waals surface area contributed by atoms with Gasteiger partial charge in [0, 0.05) is 26.9 Å². The van der Waals surface area contributed by atoms with Crippen LogP contribution in [0.25, 0.3) is 0 Å². The van der Waals surface area contributed by atoms with Crippen LogP contribution in [0.5, 0.6) is 0 Å². The zero-order valence-electron chi connectivity index (χ0n) is 11.2. The van der Waals surface area contributed by atoms with Crippen LogP contribution in [-0.2, 0) is 14.3 Å². The monoisotopic (exact) mass is 246 g/mol. The fraction of sp³-hybridized carbons (Fsp3) is 0.917. The van der Waals surface area contributed by atoms with Gasteiger partial charge in [0.15, 0.2) is 0 Å². The molecular formula is C12H26N2O3. The first-order valence-corrected chi connectivity index (χ1v) is 6.18. The van der Waals surface area contributed by atoms with Crippen molar-refractivity contribution in [1.29, 1.82) is 0 Å². The minimum Gasteiger partial charge on any atom is -0.385 e. The van der Waals surface area contributed by atoms with E-state index in [-0.39, 0.29) is 5.91 Å². The molecule has 5 nitrogen and oxygen atoms in total. The molecule has 0 saturated carbocycles. The maximum atomic E-state index is 11.4. The van der Waals surface area contributed by atoms with Crippen molar-refractivity contribution in [2.75, 3.05) is 33.5 Å². The molecule has 102 valence electrons. The Morgan fingerprint density at radius 1 is 1.24 bits per heavy atom.